The van der Waals surface area contributed by atoms with Gasteiger partial charge in [-0.05, 0) is 0 Å². The number of nitrogens with two attached hydrogens (primary N) is 1. The molecule has 6 heteroatoms. The molecule has 2 heterocycles. The van der Waals surface area contributed by atoms with Crippen molar-refractivity contribution in [3.05, 3.63) is 42.5 Å². The number of rotatable bonds is 2. The minimum atomic E-state index is -0.185. The van der Waals surface area contributed by atoms with Crippen molar-refractivity contribution in [2.24, 2.45) is 0 Å². The van der Waals surface area contributed by atoms with E-state index >= 15 is 0 Å². The summed E-state index contributed by atoms with van der Waals surface area (Å²) in [5, 5.41) is 6.80. The molecule has 0 bridgehead atoms. The summed E-state index contributed by atoms with van der Waals surface area (Å²) in [6.07, 6.45) is 0. The Morgan fingerprint density at radius 2 is 2.00 bits per heavy atom. The number of hydrogen-bond donors (Lipinski definition) is 2. The van der Waals surface area contributed by atoms with E-state index < -0.39 is 0 Å². The second kappa shape index (κ2) is 4.65. The Bertz CT molecular complexity index is 779. The monoisotopic (exact) mass is 267 g/mol. The molecule has 3 rings (SSSR count). The molecule has 3 N–H and O–H groups in total. The molecule has 0 aliphatic carbocycles. The van der Waals surface area contributed by atoms with Gasteiger partial charge in [-0.3, -0.25) is 4.79 Å². The first kappa shape index (κ1) is 12.2. The molecule has 0 spiro atoms. The van der Waals surface area contributed by atoms with E-state index in [9.17, 15) is 4.79 Å². The van der Waals surface area contributed by atoms with Crippen LogP contribution in [0.25, 0.3) is 16.9 Å². The highest BCUT2D eigenvalue weighted by molar-refractivity contribution is 5.88. The average molecular weight is 267 g/mol. The molecule has 0 aliphatic rings. The van der Waals surface area contributed by atoms with Crippen molar-refractivity contribution < 1.29 is 4.79 Å². The van der Waals surface area contributed by atoms with Crippen LogP contribution in [0.2, 0.25) is 0 Å². The summed E-state index contributed by atoms with van der Waals surface area (Å²) in [5.41, 5.74) is 8.32. The second-order valence-corrected chi connectivity index (χ2v) is 4.41. The SMILES string of the molecule is CC(=O)Nc1cc2nc(-c3ccccc3)cc(N)n2n1. The zero-order valence-electron chi connectivity index (χ0n) is 10.9. The van der Waals surface area contributed by atoms with Crippen LogP contribution in [-0.2, 0) is 4.79 Å². The third-order valence-electron chi connectivity index (χ3n) is 2.83. The maximum absolute atomic E-state index is 11.1. The first-order valence-electron chi connectivity index (χ1n) is 6.13. The molecule has 0 saturated heterocycles. The number of aromatic nitrogens is 3. The van der Waals surface area contributed by atoms with Crippen molar-refractivity contribution in [3.8, 4) is 11.3 Å². The lowest BCUT2D eigenvalue weighted by atomic mass is 10.1. The van der Waals surface area contributed by atoms with Gasteiger partial charge >= 0.3 is 0 Å². The average Bonchev–Trinajstić information content (AvgIpc) is 2.82. The lowest BCUT2D eigenvalue weighted by Crippen LogP contribution is -2.06. The van der Waals surface area contributed by atoms with Crippen molar-refractivity contribution >= 4 is 23.2 Å². The van der Waals surface area contributed by atoms with Crippen molar-refractivity contribution in [2.45, 2.75) is 6.92 Å². The van der Waals surface area contributed by atoms with Gasteiger partial charge in [-0.25, -0.2) is 4.98 Å². The standard InChI is InChI=1S/C14H13N5O/c1-9(20)16-13-8-14-17-11(7-12(15)19(14)18-13)10-5-3-2-4-6-10/h2-8H,15H2,1H3,(H,16,18,20). The van der Waals surface area contributed by atoms with E-state index in [4.69, 9.17) is 5.73 Å². The summed E-state index contributed by atoms with van der Waals surface area (Å²) >= 11 is 0. The van der Waals surface area contributed by atoms with Crippen LogP contribution in [0, 0.1) is 0 Å². The van der Waals surface area contributed by atoms with E-state index in [1.54, 1.807) is 12.1 Å². The molecule has 0 aliphatic heterocycles. The molecule has 6 nitrogen and oxygen atoms in total. The van der Waals surface area contributed by atoms with Gasteiger partial charge in [-0.15, -0.1) is 5.10 Å². The molecule has 100 valence electrons. The largest absolute Gasteiger partial charge is 0.384 e. The molecule has 20 heavy (non-hydrogen) atoms. The summed E-state index contributed by atoms with van der Waals surface area (Å²) in [6.45, 7) is 1.43. The van der Waals surface area contributed by atoms with Gasteiger partial charge in [0.2, 0.25) is 5.91 Å². The summed E-state index contributed by atoms with van der Waals surface area (Å²) in [5.74, 6) is 0.711. The van der Waals surface area contributed by atoms with Crippen LogP contribution in [0.4, 0.5) is 11.6 Å². The summed E-state index contributed by atoms with van der Waals surface area (Å²) < 4.78 is 1.50. The van der Waals surface area contributed by atoms with Crippen LogP contribution in [0.15, 0.2) is 42.5 Å². The molecule has 0 atom stereocenters. The highest BCUT2D eigenvalue weighted by Gasteiger charge is 2.09. The summed E-state index contributed by atoms with van der Waals surface area (Å²) in [4.78, 5) is 15.6. The predicted molar refractivity (Wildman–Crippen MR) is 77.1 cm³/mol. The Morgan fingerprint density at radius 3 is 2.70 bits per heavy atom. The van der Waals surface area contributed by atoms with Crippen molar-refractivity contribution in [1.82, 2.24) is 14.6 Å². The van der Waals surface area contributed by atoms with Crippen LogP contribution in [0.3, 0.4) is 0 Å². The molecule has 1 amide bonds. The predicted octanol–water partition coefficient (Wildman–Crippen LogP) is 1.94. The van der Waals surface area contributed by atoms with E-state index in [0.717, 1.165) is 11.3 Å². The van der Waals surface area contributed by atoms with Gasteiger partial charge in [-0.2, -0.15) is 4.52 Å². The molecular formula is C14H13N5O. The van der Waals surface area contributed by atoms with Gasteiger partial charge in [-0.1, -0.05) is 30.3 Å². The highest BCUT2D eigenvalue weighted by atomic mass is 16.1. The fourth-order valence-electron chi connectivity index (χ4n) is 2.00. The molecule has 0 radical (unpaired) electrons. The molecule has 2 aromatic heterocycles. The maximum atomic E-state index is 11.1. The zero-order valence-corrected chi connectivity index (χ0v) is 10.9. The van der Waals surface area contributed by atoms with Crippen LogP contribution in [-0.4, -0.2) is 20.5 Å². The number of anilines is 2. The van der Waals surface area contributed by atoms with E-state index in [1.165, 1.54) is 11.4 Å². The Kier molecular flexibility index (Phi) is 2.83. The first-order valence-corrected chi connectivity index (χ1v) is 6.13. The Labute approximate surface area is 115 Å². The summed E-state index contributed by atoms with van der Waals surface area (Å²) in [6, 6.07) is 13.2. The third-order valence-corrected chi connectivity index (χ3v) is 2.83. The summed E-state index contributed by atoms with van der Waals surface area (Å²) in [7, 11) is 0. The van der Waals surface area contributed by atoms with E-state index in [2.05, 4.69) is 15.4 Å². The van der Waals surface area contributed by atoms with Gasteiger partial charge in [0.1, 0.15) is 5.82 Å². The Hall–Kier alpha value is -2.89. The number of nitrogens with zero attached hydrogens (tertiary/aromatic N) is 3. The number of carbonyl (C=O) groups excluding carboxylic acids is 1. The smallest absolute Gasteiger partial charge is 0.222 e. The molecule has 0 unspecified atom stereocenters. The van der Waals surface area contributed by atoms with Crippen molar-refractivity contribution in [3.63, 3.8) is 0 Å². The van der Waals surface area contributed by atoms with E-state index in [0.29, 0.717) is 17.3 Å². The number of nitrogens with one attached hydrogen (secondary N) is 1. The van der Waals surface area contributed by atoms with Gasteiger partial charge in [0, 0.05) is 24.6 Å². The van der Waals surface area contributed by atoms with E-state index in [1.807, 2.05) is 30.3 Å². The molecule has 3 aromatic rings. The number of amides is 1. The van der Waals surface area contributed by atoms with E-state index in [-0.39, 0.29) is 5.91 Å². The lowest BCUT2D eigenvalue weighted by molar-refractivity contribution is -0.114. The topological polar surface area (TPSA) is 85.3 Å². The van der Waals surface area contributed by atoms with Crippen LogP contribution < -0.4 is 11.1 Å². The third kappa shape index (κ3) is 2.18. The number of benzene rings is 1. The number of fused-ring (bicyclic) bond motifs is 1. The number of nitrogen functional groups attached to an aromatic ring is 1. The normalized spacial score (nSPS) is 10.7. The maximum Gasteiger partial charge on any atom is 0.222 e. The second-order valence-electron chi connectivity index (χ2n) is 4.41. The molecule has 0 fully saturated rings. The van der Waals surface area contributed by atoms with Crippen LogP contribution >= 0.6 is 0 Å². The van der Waals surface area contributed by atoms with Gasteiger partial charge in [0.15, 0.2) is 11.5 Å². The lowest BCUT2D eigenvalue weighted by Gasteiger charge is -2.03. The number of carbonyl (C=O) groups is 1. The quantitative estimate of drug-likeness (QED) is 0.743. The fourth-order valence-corrected chi connectivity index (χ4v) is 2.00. The minimum Gasteiger partial charge on any atom is -0.384 e. The Morgan fingerprint density at radius 1 is 1.25 bits per heavy atom. The Balaban J connectivity index is 2.11. The fraction of sp³-hybridized carbons (Fsp3) is 0.0714. The van der Waals surface area contributed by atoms with Gasteiger partial charge < -0.3 is 11.1 Å². The first-order chi connectivity index (χ1) is 9.63. The molecule has 0 saturated carbocycles. The highest BCUT2D eigenvalue weighted by Crippen LogP contribution is 2.21. The van der Waals surface area contributed by atoms with Crippen LogP contribution in [0.1, 0.15) is 6.92 Å². The number of hydrogen-bond acceptors (Lipinski definition) is 4. The van der Waals surface area contributed by atoms with Crippen molar-refractivity contribution in [2.75, 3.05) is 11.1 Å². The van der Waals surface area contributed by atoms with Crippen LogP contribution in [0.5, 0.6) is 0 Å². The van der Waals surface area contributed by atoms with Gasteiger partial charge in [0.25, 0.3) is 0 Å². The minimum absolute atomic E-state index is 0.185. The molecule has 1 aromatic carbocycles. The van der Waals surface area contributed by atoms with Gasteiger partial charge in [0.05, 0.1) is 5.69 Å². The zero-order chi connectivity index (χ0) is 14.1. The van der Waals surface area contributed by atoms with Crippen molar-refractivity contribution in [1.29, 1.82) is 0 Å². The molecular weight excluding hydrogens is 254 g/mol.